The number of aromatic amines is 1. The third-order valence-electron chi connectivity index (χ3n) is 8.86. The van der Waals surface area contributed by atoms with E-state index >= 15 is 0 Å². The lowest BCUT2D eigenvalue weighted by Crippen LogP contribution is -2.44. The molecule has 0 fully saturated rings. The molecule has 252 valence electrons. The SMILES string of the molecule is CC(C)=CCC/C(C)=C/CN1C(=O)[C@@](O)([C@@H](C)/C=C/CCn2cc(CCO)nn2)c2cc(NC(=O)Cc3c[nH]c4ccccc34)ccc21. The third-order valence-corrected chi connectivity index (χ3v) is 8.86. The molecule has 0 radical (unpaired) electrons. The first-order chi connectivity index (χ1) is 23.1. The summed E-state index contributed by atoms with van der Waals surface area (Å²) < 4.78 is 1.71. The average molecular weight is 651 g/mol. The van der Waals surface area contributed by atoms with Crippen LogP contribution in [0.4, 0.5) is 11.4 Å². The number of aliphatic hydroxyl groups excluding tert-OH is 1. The molecule has 5 rings (SSSR count). The van der Waals surface area contributed by atoms with E-state index in [0.717, 1.165) is 35.0 Å². The number of carbonyl (C=O) groups excluding carboxylic acids is 2. The van der Waals surface area contributed by atoms with Crippen LogP contribution in [0.15, 0.2) is 90.3 Å². The summed E-state index contributed by atoms with van der Waals surface area (Å²) >= 11 is 0. The van der Waals surface area contributed by atoms with Crippen molar-refractivity contribution >= 4 is 34.1 Å². The largest absolute Gasteiger partial charge is 0.396 e. The molecule has 2 atom stereocenters. The van der Waals surface area contributed by atoms with Crippen LogP contribution in [0, 0.1) is 5.92 Å². The molecule has 4 aromatic rings. The Morgan fingerprint density at radius 1 is 1.12 bits per heavy atom. The maximum Gasteiger partial charge on any atom is 0.264 e. The van der Waals surface area contributed by atoms with Gasteiger partial charge in [0.2, 0.25) is 5.91 Å². The average Bonchev–Trinajstić information content (AvgIpc) is 3.74. The number of benzene rings is 2. The number of allylic oxidation sites excluding steroid dienone is 4. The minimum Gasteiger partial charge on any atom is -0.396 e. The fourth-order valence-corrected chi connectivity index (χ4v) is 6.12. The summed E-state index contributed by atoms with van der Waals surface area (Å²) in [6.07, 6.45) is 14.8. The van der Waals surface area contributed by atoms with Gasteiger partial charge in [0.15, 0.2) is 5.60 Å². The first-order valence-electron chi connectivity index (χ1n) is 16.6. The summed E-state index contributed by atoms with van der Waals surface area (Å²) in [5, 5.41) is 33.5. The quantitative estimate of drug-likeness (QED) is 0.117. The Morgan fingerprint density at radius 3 is 2.73 bits per heavy atom. The van der Waals surface area contributed by atoms with Crippen molar-refractivity contribution in [3.05, 3.63) is 107 Å². The molecule has 10 nitrogen and oxygen atoms in total. The van der Waals surface area contributed by atoms with E-state index in [-0.39, 0.29) is 18.9 Å². The zero-order valence-corrected chi connectivity index (χ0v) is 28.2. The monoisotopic (exact) mass is 650 g/mol. The van der Waals surface area contributed by atoms with Crippen LogP contribution in [0.2, 0.25) is 0 Å². The standard InChI is InChI=1S/C38H46N6O4/c1-26(2)10-9-11-27(3)17-20-44-35-16-15-30(40-36(46)22-29-24-39-34-14-6-5-13-32(29)34)23-33(35)38(48,37(44)47)28(4)12-7-8-19-43-25-31(18-21-45)41-42-43/h5-7,10,12-17,23-25,28,39,45,48H,8-9,11,18-22H2,1-4H3,(H,40,46)/b12-7+,27-17+/t28-,38+/m0/s1. The van der Waals surface area contributed by atoms with Crippen molar-refractivity contribution in [1.29, 1.82) is 0 Å². The lowest BCUT2D eigenvalue weighted by atomic mass is 9.82. The van der Waals surface area contributed by atoms with E-state index in [2.05, 4.69) is 47.5 Å². The number of hydrogen-bond acceptors (Lipinski definition) is 6. The zero-order chi connectivity index (χ0) is 34.3. The van der Waals surface area contributed by atoms with Crippen LogP contribution in [0.3, 0.4) is 0 Å². The van der Waals surface area contributed by atoms with Crippen molar-refractivity contribution in [1.82, 2.24) is 20.0 Å². The van der Waals surface area contributed by atoms with E-state index in [1.54, 1.807) is 27.9 Å². The Morgan fingerprint density at radius 2 is 1.94 bits per heavy atom. The van der Waals surface area contributed by atoms with Gasteiger partial charge in [-0.15, -0.1) is 5.10 Å². The van der Waals surface area contributed by atoms with Gasteiger partial charge in [0.25, 0.3) is 5.91 Å². The van der Waals surface area contributed by atoms with Gasteiger partial charge in [-0.25, -0.2) is 0 Å². The molecule has 2 aromatic carbocycles. The molecule has 2 amide bonds. The molecular formula is C38H46N6O4. The molecular weight excluding hydrogens is 604 g/mol. The zero-order valence-electron chi connectivity index (χ0n) is 28.2. The lowest BCUT2D eigenvalue weighted by molar-refractivity contribution is -0.139. The second kappa shape index (κ2) is 15.4. The smallest absolute Gasteiger partial charge is 0.264 e. The number of aliphatic hydroxyl groups is 2. The summed E-state index contributed by atoms with van der Waals surface area (Å²) in [6.45, 7) is 8.98. The first kappa shape index (κ1) is 34.5. The van der Waals surface area contributed by atoms with Gasteiger partial charge in [-0.3, -0.25) is 14.3 Å². The van der Waals surface area contributed by atoms with Crippen LogP contribution < -0.4 is 10.2 Å². The van der Waals surface area contributed by atoms with Crippen molar-refractivity contribution in [2.75, 3.05) is 23.4 Å². The highest BCUT2D eigenvalue weighted by Gasteiger charge is 2.52. The number of H-pyrrole nitrogens is 1. The Kier molecular flexibility index (Phi) is 11.1. The minimum atomic E-state index is -1.82. The maximum absolute atomic E-state index is 14.1. The number of fused-ring (bicyclic) bond motifs is 2. The predicted molar refractivity (Wildman–Crippen MR) is 189 cm³/mol. The van der Waals surface area contributed by atoms with Crippen molar-refractivity contribution in [3.8, 4) is 0 Å². The van der Waals surface area contributed by atoms with E-state index in [1.807, 2.05) is 61.7 Å². The number of hydrogen-bond donors (Lipinski definition) is 4. The number of anilines is 2. The van der Waals surface area contributed by atoms with Crippen LogP contribution in [-0.2, 0) is 34.6 Å². The van der Waals surface area contributed by atoms with E-state index < -0.39 is 17.4 Å². The first-order valence-corrected chi connectivity index (χ1v) is 16.6. The van der Waals surface area contributed by atoms with Crippen LogP contribution in [0.1, 0.15) is 63.8 Å². The molecule has 0 saturated carbocycles. The number of rotatable bonds is 15. The number of nitrogens with zero attached hydrogens (tertiary/aromatic N) is 4. The van der Waals surface area contributed by atoms with Gasteiger partial charge >= 0.3 is 0 Å². The molecule has 48 heavy (non-hydrogen) atoms. The molecule has 0 unspecified atom stereocenters. The van der Waals surface area contributed by atoms with E-state index in [4.69, 9.17) is 5.11 Å². The molecule has 3 heterocycles. The van der Waals surface area contributed by atoms with Gasteiger partial charge in [-0.2, -0.15) is 0 Å². The molecule has 0 aliphatic carbocycles. The molecule has 4 N–H and O–H groups in total. The van der Waals surface area contributed by atoms with Crippen LogP contribution in [-0.4, -0.2) is 55.2 Å². The Balaban J connectivity index is 1.36. The number of aromatic nitrogens is 4. The van der Waals surface area contributed by atoms with Crippen molar-refractivity contribution in [2.45, 2.75) is 71.9 Å². The fourth-order valence-electron chi connectivity index (χ4n) is 6.12. The van der Waals surface area contributed by atoms with Crippen molar-refractivity contribution in [2.24, 2.45) is 5.92 Å². The lowest BCUT2D eigenvalue weighted by Gasteiger charge is -2.27. The van der Waals surface area contributed by atoms with Gasteiger partial charge in [0, 0.05) is 66.6 Å². The fraction of sp³-hybridized carbons (Fsp3) is 0.368. The molecule has 2 aromatic heterocycles. The minimum absolute atomic E-state index is 0.0158. The Bertz CT molecular complexity index is 1850. The third kappa shape index (κ3) is 7.83. The van der Waals surface area contributed by atoms with Crippen molar-refractivity contribution in [3.63, 3.8) is 0 Å². The van der Waals surface area contributed by atoms with E-state index in [0.29, 0.717) is 42.9 Å². The highest BCUT2D eigenvalue weighted by molar-refractivity contribution is 6.08. The van der Waals surface area contributed by atoms with Crippen LogP contribution in [0.25, 0.3) is 10.9 Å². The number of amides is 2. The Labute approximate surface area is 281 Å². The normalized spacial score (nSPS) is 16.9. The van der Waals surface area contributed by atoms with Crippen LogP contribution >= 0.6 is 0 Å². The van der Waals surface area contributed by atoms with E-state index in [9.17, 15) is 14.7 Å². The van der Waals surface area contributed by atoms with Crippen molar-refractivity contribution < 1.29 is 19.8 Å². The molecule has 1 aliphatic rings. The van der Waals surface area contributed by atoms with Gasteiger partial charge in [0.05, 0.1) is 17.8 Å². The molecule has 1 aliphatic heterocycles. The van der Waals surface area contributed by atoms with Gasteiger partial charge in [-0.05, 0) is 69.9 Å². The van der Waals surface area contributed by atoms with Crippen LogP contribution in [0.5, 0.6) is 0 Å². The maximum atomic E-state index is 14.1. The summed E-state index contributed by atoms with van der Waals surface area (Å²) in [7, 11) is 0. The molecule has 0 saturated heterocycles. The number of carbonyl (C=O) groups is 2. The molecule has 0 bridgehead atoms. The number of aryl methyl sites for hydroxylation is 1. The molecule has 10 heteroatoms. The van der Waals surface area contributed by atoms with Gasteiger partial charge in [0.1, 0.15) is 0 Å². The topological polar surface area (TPSA) is 136 Å². The second-order valence-electron chi connectivity index (χ2n) is 12.8. The second-order valence-corrected chi connectivity index (χ2v) is 12.8. The van der Waals surface area contributed by atoms with Gasteiger partial charge in [-0.1, -0.05) is 65.8 Å². The summed E-state index contributed by atoms with van der Waals surface area (Å²) in [5.74, 6) is -1.15. The number of para-hydroxylation sites is 1. The summed E-state index contributed by atoms with van der Waals surface area (Å²) in [4.78, 5) is 32.1. The Hall–Kier alpha value is -4.80. The summed E-state index contributed by atoms with van der Waals surface area (Å²) in [5.41, 5.74) is 4.82. The highest BCUT2D eigenvalue weighted by atomic mass is 16.3. The number of nitrogens with one attached hydrogen (secondary N) is 2. The van der Waals surface area contributed by atoms with Gasteiger partial charge < -0.3 is 25.4 Å². The van der Waals surface area contributed by atoms with E-state index in [1.165, 1.54) is 11.1 Å². The summed E-state index contributed by atoms with van der Waals surface area (Å²) in [6, 6.07) is 13.2. The molecule has 0 spiro atoms. The predicted octanol–water partition coefficient (Wildman–Crippen LogP) is 5.98. The highest BCUT2D eigenvalue weighted by Crippen LogP contribution is 2.46.